The number of hydrogen-bond acceptors (Lipinski definition) is 3. The molecule has 118 valence electrons. The molecule has 2 aromatic carbocycles. The van der Waals surface area contributed by atoms with E-state index in [-0.39, 0.29) is 11.6 Å². The third-order valence-electron chi connectivity index (χ3n) is 3.27. The first-order chi connectivity index (χ1) is 11.7. The van der Waals surface area contributed by atoms with Gasteiger partial charge in [0.1, 0.15) is 0 Å². The Labute approximate surface area is 145 Å². The van der Waals surface area contributed by atoms with Crippen molar-refractivity contribution in [1.29, 1.82) is 0 Å². The maximum Gasteiger partial charge on any atom is 0.363 e. The summed E-state index contributed by atoms with van der Waals surface area (Å²) in [5, 5.41) is 0.673. The fourth-order valence-corrected chi connectivity index (χ4v) is 2.19. The smallest absolute Gasteiger partial charge is 0.363 e. The number of carbonyl (C=O) groups excluding carboxylic acids is 1. The third kappa shape index (κ3) is 4.31. The molecule has 0 fully saturated rings. The topological polar surface area (TPSA) is 38.7 Å². The highest BCUT2D eigenvalue weighted by molar-refractivity contribution is 6.30. The molecular formula is C20H14ClNO2. The standard InChI is InChI=1S/C20H14ClNO2/c21-17-12-9-16(10-13-17)11-14-19-22-18(20(23)24-19)8-4-7-15-5-2-1-3-6-15/h1-14H/b7-4+,14-11+,18-8+. The Morgan fingerprint density at radius 1 is 0.875 bits per heavy atom. The van der Waals surface area contributed by atoms with Crippen LogP contribution in [0.2, 0.25) is 5.02 Å². The average Bonchev–Trinajstić information content (AvgIpc) is 2.95. The van der Waals surface area contributed by atoms with Gasteiger partial charge in [0.2, 0.25) is 5.90 Å². The van der Waals surface area contributed by atoms with E-state index in [0.29, 0.717) is 5.02 Å². The Morgan fingerprint density at radius 2 is 1.58 bits per heavy atom. The summed E-state index contributed by atoms with van der Waals surface area (Å²) in [6, 6.07) is 17.1. The van der Waals surface area contributed by atoms with Crippen LogP contribution >= 0.6 is 11.6 Å². The van der Waals surface area contributed by atoms with E-state index in [4.69, 9.17) is 16.3 Å². The van der Waals surface area contributed by atoms with Gasteiger partial charge in [-0.3, -0.25) is 0 Å². The zero-order valence-electron chi connectivity index (χ0n) is 12.7. The van der Waals surface area contributed by atoms with Crippen molar-refractivity contribution in [1.82, 2.24) is 0 Å². The van der Waals surface area contributed by atoms with Crippen LogP contribution in [0.4, 0.5) is 0 Å². The van der Waals surface area contributed by atoms with Gasteiger partial charge in [-0.25, -0.2) is 9.79 Å². The van der Waals surface area contributed by atoms with Gasteiger partial charge in [0, 0.05) is 11.1 Å². The number of ether oxygens (including phenoxy) is 1. The minimum absolute atomic E-state index is 0.273. The molecule has 0 unspecified atom stereocenters. The minimum atomic E-state index is -0.455. The van der Waals surface area contributed by atoms with Crippen LogP contribution in [0.1, 0.15) is 11.1 Å². The lowest BCUT2D eigenvalue weighted by molar-refractivity contribution is -0.129. The number of rotatable bonds is 4. The Bertz CT molecular complexity index is 847. The van der Waals surface area contributed by atoms with Gasteiger partial charge >= 0.3 is 5.97 Å². The van der Waals surface area contributed by atoms with E-state index in [1.54, 1.807) is 30.4 Å². The monoisotopic (exact) mass is 335 g/mol. The second kappa shape index (κ2) is 7.57. The summed E-state index contributed by atoms with van der Waals surface area (Å²) < 4.78 is 5.12. The molecule has 0 saturated carbocycles. The summed E-state index contributed by atoms with van der Waals surface area (Å²) in [6.45, 7) is 0. The second-order valence-electron chi connectivity index (χ2n) is 5.05. The van der Waals surface area contributed by atoms with Gasteiger partial charge in [0.15, 0.2) is 5.70 Å². The molecule has 0 aromatic heterocycles. The summed E-state index contributed by atoms with van der Waals surface area (Å²) in [5.74, 6) is -0.183. The lowest BCUT2D eigenvalue weighted by atomic mass is 10.2. The first kappa shape index (κ1) is 16.0. The van der Waals surface area contributed by atoms with Gasteiger partial charge in [-0.15, -0.1) is 0 Å². The van der Waals surface area contributed by atoms with Crippen molar-refractivity contribution >= 4 is 35.6 Å². The van der Waals surface area contributed by atoms with E-state index in [1.807, 2.05) is 54.6 Å². The Balaban J connectivity index is 1.69. The van der Waals surface area contributed by atoms with E-state index >= 15 is 0 Å². The highest BCUT2D eigenvalue weighted by atomic mass is 35.5. The summed E-state index contributed by atoms with van der Waals surface area (Å²) in [5.41, 5.74) is 2.27. The van der Waals surface area contributed by atoms with Crippen LogP contribution in [-0.2, 0) is 9.53 Å². The van der Waals surface area contributed by atoms with E-state index in [0.717, 1.165) is 11.1 Å². The number of nitrogens with zero attached hydrogens (tertiary/aromatic N) is 1. The van der Waals surface area contributed by atoms with Crippen molar-refractivity contribution in [2.24, 2.45) is 4.99 Å². The first-order valence-corrected chi connectivity index (χ1v) is 7.76. The predicted molar refractivity (Wildman–Crippen MR) is 97.6 cm³/mol. The fraction of sp³-hybridized carbons (Fsp3) is 0. The molecule has 0 radical (unpaired) electrons. The number of hydrogen-bond donors (Lipinski definition) is 0. The molecule has 0 bridgehead atoms. The number of benzene rings is 2. The molecule has 0 spiro atoms. The van der Waals surface area contributed by atoms with Gasteiger partial charge in [0.05, 0.1) is 0 Å². The van der Waals surface area contributed by atoms with Crippen molar-refractivity contribution in [3.05, 3.63) is 94.7 Å². The lowest BCUT2D eigenvalue weighted by Crippen LogP contribution is -2.00. The second-order valence-corrected chi connectivity index (χ2v) is 5.48. The quantitative estimate of drug-likeness (QED) is 0.588. The maximum absolute atomic E-state index is 11.8. The number of esters is 1. The molecule has 3 rings (SSSR count). The van der Waals surface area contributed by atoms with Crippen molar-refractivity contribution in [3.8, 4) is 0 Å². The lowest BCUT2D eigenvalue weighted by Gasteiger charge is -1.93. The molecule has 0 atom stereocenters. The molecule has 4 heteroatoms. The van der Waals surface area contributed by atoms with Crippen molar-refractivity contribution in [2.75, 3.05) is 0 Å². The molecule has 1 aliphatic heterocycles. The van der Waals surface area contributed by atoms with Crippen LogP contribution in [0.15, 0.2) is 83.5 Å². The normalized spacial score (nSPS) is 16.1. The number of allylic oxidation sites excluding steroid dienone is 2. The Morgan fingerprint density at radius 3 is 2.33 bits per heavy atom. The van der Waals surface area contributed by atoms with Crippen LogP contribution in [-0.4, -0.2) is 11.9 Å². The van der Waals surface area contributed by atoms with Gasteiger partial charge < -0.3 is 4.74 Å². The van der Waals surface area contributed by atoms with E-state index in [1.165, 1.54) is 0 Å². The molecule has 2 aromatic rings. The summed E-state index contributed by atoms with van der Waals surface area (Å²) in [4.78, 5) is 16.0. The molecule has 0 amide bonds. The van der Waals surface area contributed by atoms with Crippen LogP contribution in [0.3, 0.4) is 0 Å². The van der Waals surface area contributed by atoms with Crippen molar-refractivity contribution < 1.29 is 9.53 Å². The number of cyclic esters (lactones) is 1. The van der Waals surface area contributed by atoms with Crippen LogP contribution < -0.4 is 0 Å². The molecule has 3 nitrogen and oxygen atoms in total. The van der Waals surface area contributed by atoms with Crippen LogP contribution in [0.25, 0.3) is 12.2 Å². The molecule has 1 aliphatic rings. The number of carbonyl (C=O) groups is 1. The van der Waals surface area contributed by atoms with Gasteiger partial charge in [0.25, 0.3) is 0 Å². The SMILES string of the molecule is O=C1OC(/C=C/c2ccc(Cl)cc2)=NC/1=C/C=C/c1ccccc1. The number of halogens is 1. The molecular weight excluding hydrogens is 322 g/mol. The van der Waals surface area contributed by atoms with Crippen molar-refractivity contribution in [2.45, 2.75) is 0 Å². The van der Waals surface area contributed by atoms with E-state index in [9.17, 15) is 4.79 Å². The Kier molecular flexibility index (Phi) is 5.04. The molecule has 0 saturated heterocycles. The third-order valence-corrected chi connectivity index (χ3v) is 3.52. The van der Waals surface area contributed by atoms with E-state index in [2.05, 4.69) is 4.99 Å². The Hall–Kier alpha value is -2.91. The van der Waals surface area contributed by atoms with Gasteiger partial charge in [-0.1, -0.05) is 66.2 Å². The van der Waals surface area contributed by atoms with E-state index < -0.39 is 5.97 Å². The molecule has 0 aliphatic carbocycles. The summed E-state index contributed by atoms with van der Waals surface area (Å²) in [7, 11) is 0. The molecule has 0 N–H and O–H groups in total. The minimum Gasteiger partial charge on any atom is -0.403 e. The average molecular weight is 336 g/mol. The van der Waals surface area contributed by atoms with Gasteiger partial charge in [-0.05, 0) is 35.4 Å². The largest absolute Gasteiger partial charge is 0.403 e. The first-order valence-electron chi connectivity index (χ1n) is 7.39. The zero-order valence-corrected chi connectivity index (χ0v) is 13.5. The summed E-state index contributed by atoms with van der Waals surface area (Å²) >= 11 is 5.84. The van der Waals surface area contributed by atoms with Crippen molar-refractivity contribution in [3.63, 3.8) is 0 Å². The van der Waals surface area contributed by atoms with Gasteiger partial charge in [-0.2, -0.15) is 0 Å². The predicted octanol–water partition coefficient (Wildman–Crippen LogP) is 4.91. The molecule has 1 heterocycles. The highest BCUT2D eigenvalue weighted by Gasteiger charge is 2.20. The van der Waals surface area contributed by atoms with Crippen LogP contribution in [0.5, 0.6) is 0 Å². The fourth-order valence-electron chi connectivity index (χ4n) is 2.07. The highest BCUT2D eigenvalue weighted by Crippen LogP contribution is 2.15. The number of aliphatic imine (C=N–C) groups is 1. The zero-order chi connectivity index (χ0) is 16.8. The maximum atomic E-state index is 11.8. The van der Waals surface area contributed by atoms with Crippen LogP contribution in [0, 0.1) is 0 Å². The summed E-state index contributed by atoms with van der Waals surface area (Å²) in [6.07, 6.45) is 8.78. The molecule has 24 heavy (non-hydrogen) atoms.